The third kappa shape index (κ3) is 3.84. The van der Waals surface area contributed by atoms with E-state index in [0.29, 0.717) is 36.1 Å². The molecule has 0 fully saturated rings. The number of ether oxygens (including phenoxy) is 3. The van der Waals surface area contributed by atoms with Crippen molar-refractivity contribution in [2.45, 2.75) is 0 Å². The number of nitrogens with one attached hydrogen (secondary N) is 1. The summed E-state index contributed by atoms with van der Waals surface area (Å²) < 4.78 is 29.1. The van der Waals surface area contributed by atoms with Crippen LogP contribution in [0, 0.1) is 5.82 Å². The first-order chi connectivity index (χ1) is 11.1. The number of hydrogen-bond donors (Lipinski definition) is 1. The molecule has 1 aliphatic heterocycles. The van der Waals surface area contributed by atoms with E-state index >= 15 is 0 Å². The van der Waals surface area contributed by atoms with Crippen molar-refractivity contribution < 1.29 is 23.4 Å². The van der Waals surface area contributed by atoms with Crippen molar-refractivity contribution in [3.8, 4) is 17.2 Å². The number of carbonyl (C=O) groups is 1. The van der Waals surface area contributed by atoms with Crippen LogP contribution < -0.4 is 19.5 Å². The molecule has 120 valence electrons. The number of amides is 1. The lowest BCUT2D eigenvalue weighted by Crippen LogP contribution is -2.20. The highest BCUT2D eigenvalue weighted by Crippen LogP contribution is 2.32. The maximum absolute atomic E-state index is 13.0. The second kappa shape index (κ2) is 6.75. The van der Waals surface area contributed by atoms with E-state index in [9.17, 15) is 9.18 Å². The molecule has 1 amide bonds. The summed E-state index contributed by atoms with van der Waals surface area (Å²) in [6.45, 7) is 0.752. The Labute approximate surface area is 136 Å². The predicted octanol–water partition coefficient (Wildman–Crippen LogP) is 3.27. The summed E-state index contributed by atoms with van der Waals surface area (Å²) in [5.41, 5.74) is 0.569. The van der Waals surface area contributed by atoms with Gasteiger partial charge in [0.2, 0.25) is 0 Å². The second-order valence-electron chi connectivity index (χ2n) is 4.77. The monoisotopic (exact) mass is 337 g/mol. The fourth-order valence-electron chi connectivity index (χ4n) is 2.03. The fraction of sp³-hybridized carbons (Fsp3) is 0.188. The number of anilines is 1. The highest BCUT2D eigenvalue weighted by Gasteiger charge is 2.13. The molecule has 1 heterocycles. The minimum atomic E-state index is -0.542. The van der Waals surface area contributed by atoms with Gasteiger partial charge in [-0.1, -0.05) is 11.6 Å². The van der Waals surface area contributed by atoms with Gasteiger partial charge < -0.3 is 19.5 Å². The minimum Gasteiger partial charge on any atom is -0.486 e. The van der Waals surface area contributed by atoms with Crippen LogP contribution in [0.5, 0.6) is 17.2 Å². The van der Waals surface area contributed by atoms with E-state index in [1.807, 2.05) is 0 Å². The van der Waals surface area contributed by atoms with Gasteiger partial charge in [0.25, 0.3) is 5.91 Å². The topological polar surface area (TPSA) is 56.8 Å². The zero-order chi connectivity index (χ0) is 16.2. The van der Waals surface area contributed by atoms with E-state index in [-0.39, 0.29) is 17.5 Å². The predicted molar refractivity (Wildman–Crippen MR) is 83.0 cm³/mol. The van der Waals surface area contributed by atoms with E-state index in [4.69, 9.17) is 25.8 Å². The number of halogens is 2. The van der Waals surface area contributed by atoms with Crippen LogP contribution in [0.2, 0.25) is 5.02 Å². The lowest BCUT2D eigenvalue weighted by molar-refractivity contribution is -0.118. The van der Waals surface area contributed by atoms with Gasteiger partial charge >= 0.3 is 0 Å². The summed E-state index contributed by atoms with van der Waals surface area (Å²) in [7, 11) is 0. The lowest BCUT2D eigenvalue weighted by atomic mass is 10.2. The molecule has 1 N–H and O–H groups in total. The molecular weight excluding hydrogens is 325 g/mol. The van der Waals surface area contributed by atoms with E-state index in [0.717, 1.165) is 0 Å². The Hall–Kier alpha value is -2.47. The van der Waals surface area contributed by atoms with Gasteiger partial charge in [0, 0.05) is 17.8 Å². The molecule has 5 nitrogen and oxygen atoms in total. The van der Waals surface area contributed by atoms with Gasteiger partial charge in [-0.3, -0.25) is 4.79 Å². The van der Waals surface area contributed by atoms with Gasteiger partial charge in [-0.15, -0.1) is 0 Å². The van der Waals surface area contributed by atoms with Crippen molar-refractivity contribution in [1.29, 1.82) is 0 Å². The lowest BCUT2D eigenvalue weighted by Gasteiger charge is -2.19. The zero-order valence-electron chi connectivity index (χ0n) is 12.0. The molecule has 23 heavy (non-hydrogen) atoms. The largest absolute Gasteiger partial charge is 0.486 e. The van der Waals surface area contributed by atoms with E-state index < -0.39 is 5.82 Å². The molecule has 0 saturated heterocycles. The highest BCUT2D eigenvalue weighted by atomic mass is 35.5. The normalized spacial score (nSPS) is 12.6. The third-order valence-electron chi connectivity index (χ3n) is 3.09. The molecule has 0 aromatic heterocycles. The molecule has 0 bridgehead atoms. The standard InChI is InChI=1S/C16H13ClFNO4/c17-12-8-11(2-3-13(12)18)23-9-16(20)19-10-1-4-14-15(7-10)22-6-5-21-14/h1-4,7-8H,5-6,9H2,(H,19,20). The minimum absolute atomic E-state index is 0.0604. The Bertz CT molecular complexity index is 738. The quantitative estimate of drug-likeness (QED) is 0.930. The molecule has 0 saturated carbocycles. The van der Waals surface area contributed by atoms with Crippen molar-refractivity contribution >= 4 is 23.2 Å². The first kappa shape index (κ1) is 15.4. The van der Waals surface area contributed by atoms with Crippen molar-refractivity contribution in [1.82, 2.24) is 0 Å². The molecule has 2 aromatic rings. The number of rotatable bonds is 4. The van der Waals surface area contributed by atoms with Crippen LogP contribution >= 0.6 is 11.6 Å². The van der Waals surface area contributed by atoms with Crippen molar-refractivity contribution in [2.24, 2.45) is 0 Å². The van der Waals surface area contributed by atoms with Crippen LogP contribution in [0.25, 0.3) is 0 Å². The van der Waals surface area contributed by atoms with Gasteiger partial charge in [-0.25, -0.2) is 4.39 Å². The van der Waals surface area contributed by atoms with Crippen LogP contribution in [0.1, 0.15) is 0 Å². The summed E-state index contributed by atoms with van der Waals surface area (Å²) in [5, 5.41) is 2.62. The Balaban J connectivity index is 1.57. The average Bonchev–Trinajstić information content (AvgIpc) is 2.56. The molecule has 0 aliphatic carbocycles. The van der Waals surface area contributed by atoms with Crippen LogP contribution in [0.3, 0.4) is 0 Å². The Morgan fingerprint density at radius 3 is 2.74 bits per heavy atom. The first-order valence-electron chi connectivity index (χ1n) is 6.89. The molecule has 2 aromatic carbocycles. The second-order valence-corrected chi connectivity index (χ2v) is 5.18. The molecule has 0 radical (unpaired) electrons. The number of fused-ring (bicyclic) bond motifs is 1. The van der Waals surface area contributed by atoms with Crippen molar-refractivity contribution in [2.75, 3.05) is 25.1 Å². The van der Waals surface area contributed by atoms with Gasteiger partial charge in [0.05, 0.1) is 5.02 Å². The number of hydrogen-bond acceptors (Lipinski definition) is 4. The van der Waals surface area contributed by atoms with Crippen LogP contribution in [0.15, 0.2) is 36.4 Å². The fourth-order valence-corrected chi connectivity index (χ4v) is 2.20. The summed E-state index contributed by atoms with van der Waals surface area (Å²) in [6.07, 6.45) is 0. The molecule has 0 spiro atoms. The van der Waals surface area contributed by atoms with Crippen LogP contribution in [0.4, 0.5) is 10.1 Å². The third-order valence-corrected chi connectivity index (χ3v) is 3.38. The SMILES string of the molecule is O=C(COc1ccc(F)c(Cl)c1)Nc1ccc2c(c1)OCCO2. The van der Waals surface area contributed by atoms with Gasteiger partial charge in [0.1, 0.15) is 24.8 Å². The maximum Gasteiger partial charge on any atom is 0.262 e. The van der Waals surface area contributed by atoms with Crippen LogP contribution in [-0.4, -0.2) is 25.7 Å². The zero-order valence-corrected chi connectivity index (χ0v) is 12.7. The summed E-state index contributed by atoms with van der Waals surface area (Å²) in [4.78, 5) is 11.9. The molecule has 0 atom stereocenters. The Kier molecular flexibility index (Phi) is 4.52. The van der Waals surface area contributed by atoms with Crippen molar-refractivity contribution in [3.63, 3.8) is 0 Å². The number of benzene rings is 2. The Morgan fingerprint density at radius 2 is 1.96 bits per heavy atom. The molecule has 3 rings (SSSR count). The van der Waals surface area contributed by atoms with E-state index in [2.05, 4.69) is 5.32 Å². The molecule has 0 unspecified atom stereocenters. The van der Waals surface area contributed by atoms with Crippen molar-refractivity contribution in [3.05, 3.63) is 47.2 Å². The smallest absolute Gasteiger partial charge is 0.262 e. The first-order valence-corrected chi connectivity index (χ1v) is 7.27. The maximum atomic E-state index is 13.0. The molecular formula is C16H13ClFNO4. The Morgan fingerprint density at radius 1 is 1.17 bits per heavy atom. The van der Waals surface area contributed by atoms with Crippen LogP contribution in [-0.2, 0) is 4.79 Å². The van der Waals surface area contributed by atoms with Gasteiger partial charge in [-0.2, -0.15) is 0 Å². The summed E-state index contributed by atoms with van der Waals surface area (Å²) in [6, 6.07) is 9.01. The van der Waals surface area contributed by atoms with E-state index in [1.54, 1.807) is 18.2 Å². The summed E-state index contributed by atoms with van der Waals surface area (Å²) in [5.74, 6) is 0.641. The summed E-state index contributed by atoms with van der Waals surface area (Å²) >= 11 is 5.65. The number of carbonyl (C=O) groups excluding carboxylic acids is 1. The molecule has 1 aliphatic rings. The molecule has 7 heteroatoms. The highest BCUT2D eigenvalue weighted by molar-refractivity contribution is 6.30. The van der Waals surface area contributed by atoms with Gasteiger partial charge in [0.15, 0.2) is 18.1 Å². The van der Waals surface area contributed by atoms with Gasteiger partial charge in [-0.05, 0) is 24.3 Å². The van der Waals surface area contributed by atoms with E-state index in [1.165, 1.54) is 18.2 Å². The average molecular weight is 338 g/mol.